The predicted molar refractivity (Wildman–Crippen MR) is 106 cm³/mol. The van der Waals surface area contributed by atoms with Crippen molar-refractivity contribution in [2.75, 3.05) is 0 Å². The number of aromatic nitrogens is 3. The van der Waals surface area contributed by atoms with Crippen LogP contribution in [-0.2, 0) is 12.2 Å². The minimum Gasteiger partial charge on any atom is -0.274 e. The number of benzene rings is 2. The summed E-state index contributed by atoms with van der Waals surface area (Å²) in [6, 6.07) is 16.5. The first-order valence-corrected chi connectivity index (χ1v) is 9.92. The van der Waals surface area contributed by atoms with Crippen LogP contribution in [0.25, 0.3) is 5.69 Å². The molecule has 130 valence electrons. The Bertz CT molecular complexity index is 827. The Labute approximate surface area is 158 Å². The summed E-state index contributed by atoms with van der Waals surface area (Å²) < 4.78 is 2.14. The van der Waals surface area contributed by atoms with E-state index in [2.05, 4.69) is 58.9 Å². The molecule has 3 nitrogen and oxygen atoms in total. The Morgan fingerprint density at radius 3 is 2.60 bits per heavy atom. The molecule has 0 N–H and O–H groups in total. The molecule has 0 aliphatic carbocycles. The highest BCUT2D eigenvalue weighted by Crippen LogP contribution is 2.27. The van der Waals surface area contributed by atoms with E-state index in [-0.39, 0.29) is 0 Å². The molecule has 3 aromatic rings. The van der Waals surface area contributed by atoms with Gasteiger partial charge in [-0.3, -0.25) is 4.57 Å². The number of nitrogens with zero attached hydrogens (tertiary/aromatic N) is 3. The number of halogens is 1. The SMILES string of the molecule is CCCCc1nnc(SCc2ccc(C)cc2)n1-c1cccc(Cl)c1. The van der Waals surface area contributed by atoms with Gasteiger partial charge in [-0.05, 0) is 37.1 Å². The van der Waals surface area contributed by atoms with Gasteiger partial charge in [-0.2, -0.15) is 0 Å². The van der Waals surface area contributed by atoms with Crippen molar-refractivity contribution in [2.24, 2.45) is 0 Å². The molecule has 1 heterocycles. The van der Waals surface area contributed by atoms with Crippen LogP contribution in [0.1, 0.15) is 36.7 Å². The Balaban J connectivity index is 1.87. The van der Waals surface area contributed by atoms with Crippen LogP contribution in [0.4, 0.5) is 0 Å². The van der Waals surface area contributed by atoms with E-state index in [0.717, 1.165) is 46.7 Å². The van der Waals surface area contributed by atoms with E-state index in [0.29, 0.717) is 0 Å². The zero-order chi connectivity index (χ0) is 17.6. The molecule has 0 aliphatic heterocycles. The molecule has 5 heteroatoms. The average molecular weight is 372 g/mol. The van der Waals surface area contributed by atoms with Crippen LogP contribution in [0.2, 0.25) is 5.02 Å². The van der Waals surface area contributed by atoms with Crippen molar-refractivity contribution >= 4 is 23.4 Å². The molecule has 2 aromatic carbocycles. The van der Waals surface area contributed by atoms with Crippen molar-refractivity contribution in [2.45, 2.75) is 44.0 Å². The molecule has 0 fully saturated rings. The summed E-state index contributed by atoms with van der Waals surface area (Å²) >= 11 is 7.90. The summed E-state index contributed by atoms with van der Waals surface area (Å²) in [4.78, 5) is 0. The number of aryl methyl sites for hydroxylation is 2. The lowest BCUT2D eigenvalue weighted by Crippen LogP contribution is -2.03. The van der Waals surface area contributed by atoms with Crippen LogP contribution in [-0.4, -0.2) is 14.8 Å². The number of hydrogen-bond donors (Lipinski definition) is 0. The van der Waals surface area contributed by atoms with Crippen LogP contribution in [0.15, 0.2) is 53.7 Å². The van der Waals surface area contributed by atoms with E-state index in [1.807, 2.05) is 18.2 Å². The van der Waals surface area contributed by atoms with Gasteiger partial charge in [-0.25, -0.2) is 0 Å². The molecule has 1 aromatic heterocycles. The molecule has 3 rings (SSSR count). The third-order valence-corrected chi connectivity index (χ3v) is 5.24. The summed E-state index contributed by atoms with van der Waals surface area (Å²) in [5.41, 5.74) is 3.58. The fourth-order valence-corrected chi connectivity index (χ4v) is 3.71. The van der Waals surface area contributed by atoms with Crippen molar-refractivity contribution in [1.82, 2.24) is 14.8 Å². The van der Waals surface area contributed by atoms with Gasteiger partial charge in [0.05, 0.1) is 5.69 Å². The maximum atomic E-state index is 6.20. The summed E-state index contributed by atoms with van der Waals surface area (Å²) in [6.45, 7) is 4.29. The molecule has 0 unspecified atom stereocenters. The molecular formula is C20H22ClN3S. The fourth-order valence-electron chi connectivity index (χ4n) is 2.60. The van der Waals surface area contributed by atoms with E-state index < -0.39 is 0 Å². The number of hydrogen-bond acceptors (Lipinski definition) is 3. The van der Waals surface area contributed by atoms with Gasteiger partial charge in [0, 0.05) is 17.2 Å². The van der Waals surface area contributed by atoms with E-state index in [1.165, 1.54) is 11.1 Å². The van der Waals surface area contributed by atoms with Crippen LogP contribution < -0.4 is 0 Å². The highest BCUT2D eigenvalue weighted by atomic mass is 35.5. The van der Waals surface area contributed by atoms with Gasteiger partial charge in [0.15, 0.2) is 5.16 Å². The van der Waals surface area contributed by atoms with Crippen molar-refractivity contribution in [3.05, 3.63) is 70.5 Å². The van der Waals surface area contributed by atoms with Crippen molar-refractivity contribution in [1.29, 1.82) is 0 Å². The van der Waals surface area contributed by atoms with Crippen LogP contribution >= 0.6 is 23.4 Å². The predicted octanol–water partition coefficient (Wildman–Crippen LogP) is 5.86. The third-order valence-electron chi connectivity index (χ3n) is 4.01. The first kappa shape index (κ1) is 18.0. The summed E-state index contributed by atoms with van der Waals surface area (Å²) in [7, 11) is 0. The van der Waals surface area contributed by atoms with E-state index in [1.54, 1.807) is 11.8 Å². The van der Waals surface area contributed by atoms with E-state index >= 15 is 0 Å². The number of rotatable bonds is 7. The lowest BCUT2D eigenvalue weighted by molar-refractivity contribution is 0.727. The van der Waals surface area contributed by atoms with E-state index in [9.17, 15) is 0 Å². The molecule has 0 radical (unpaired) electrons. The maximum absolute atomic E-state index is 6.20. The van der Waals surface area contributed by atoms with Crippen LogP contribution in [0.3, 0.4) is 0 Å². The largest absolute Gasteiger partial charge is 0.274 e. The van der Waals surface area contributed by atoms with Gasteiger partial charge in [-0.1, -0.05) is 72.6 Å². The van der Waals surface area contributed by atoms with Gasteiger partial charge in [-0.15, -0.1) is 10.2 Å². The molecule has 0 atom stereocenters. The van der Waals surface area contributed by atoms with Crippen LogP contribution in [0, 0.1) is 6.92 Å². The maximum Gasteiger partial charge on any atom is 0.196 e. The topological polar surface area (TPSA) is 30.7 Å². The molecule has 0 amide bonds. The molecule has 0 spiro atoms. The van der Waals surface area contributed by atoms with Gasteiger partial charge in [0.25, 0.3) is 0 Å². The highest BCUT2D eigenvalue weighted by molar-refractivity contribution is 7.98. The molecule has 25 heavy (non-hydrogen) atoms. The van der Waals surface area contributed by atoms with Crippen molar-refractivity contribution in [3.63, 3.8) is 0 Å². The normalized spacial score (nSPS) is 11.0. The molecule has 0 saturated carbocycles. The van der Waals surface area contributed by atoms with Gasteiger partial charge in [0.1, 0.15) is 5.82 Å². The van der Waals surface area contributed by atoms with Gasteiger partial charge < -0.3 is 0 Å². The molecule has 0 aliphatic rings. The summed E-state index contributed by atoms with van der Waals surface area (Å²) in [6.07, 6.45) is 3.15. The lowest BCUT2D eigenvalue weighted by atomic mass is 10.2. The smallest absolute Gasteiger partial charge is 0.196 e. The second-order valence-electron chi connectivity index (χ2n) is 6.09. The zero-order valence-electron chi connectivity index (χ0n) is 14.6. The Morgan fingerprint density at radius 1 is 1.08 bits per heavy atom. The van der Waals surface area contributed by atoms with Crippen LogP contribution in [0.5, 0.6) is 0 Å². The Hall–Kier alpha value is -1.78. The van der Waals surface area contributed by atoms with Gasteiger partial charge in [0.2, 0.25) is 0 Å². The van der Waals surface area contributed by atoms with E-state index in [4.69, 9.17) is 11.6 Å². The number of unbranched alkanes of at least 4 members (excludes halogenated alkanes) is 1. The third kappa shape index (κ3) is 4.65. The minimum atomic E-state index is 0.724. The second-order valence-corrected chi connectivity index (χ2v) is 7.47. The molecule has 0 bridgehead atoms. The molecular weight excluding hydrogens is 350 g/mol. The molecule has 0 saturated heterocycles. The Kier molecular flexibility index (Phi) is 6.16. The van der Waals surface area contributed by atoms with Crippen molar-refractivity contribution in [3.8, 4) is 5.69 Å². The highest BCUT2D eigenvalue weighted by Gasteiger charge is 2.14. The lowest BCUT2D eigenvalue weighted by Gasteiger charge is -2.10. The second kappa shape index (κ2) is 8.54. The first-order valence-electron chi connectivity index (χ1n) is 8.56. The fraction of sp³-hybridized carbons (Fsp3) is 0.300. The summed E-state index contributed by atoms with van der Waals surface area (Å²) in [5.74, 6) is 1.86. The average Bonchev–Trinajstić information content (AvgIpc) is 3.02. The monoisotopic (exact) mass is 371 g/mol. The number of thioether (sulfide) groups is 1. The first-order chi connectivity index (χ1) is 12.2. The van der Waals surface area contributed by atoms with Gasteiger partial charge >= 0.3 is 0 Å². The Morgan fingerprint density at radius 2 is 1.88 bits per heavy atom. The zero-order valence-corrected chi connectivity index (χ0v) is 16.1. The standard InChI is InChI=1S/C20H22ClN3S/c1-3-4-8-19-22-23-20(24(19)18-7-5-6-17(21)13-18)25-14-16-11-9-15(2)10-12-16/h5-7,9-13H,3-4,8,14H2,1-2H3. The quantitative estimate of drug-likeness (QED) is 0.487. The summed E-state index contributed by atoms with van der Waals surface area (Å²) in [5, 5.41) is 10.5. The minimum absolute atomic E-state index is 0.724. The van der Waals surface area contributed by atoms with Crippen molar-refractivity contribution < 1.29 is 0 Å².